The molecular weight excluding hydrogens is 288 g/mol. The van der Waals surface area contributed by atoms with Crippen molar-refractivity contribution >= 4 is 17.7 Å². The van der Waals surface area contributed by atoms with Gasteiger partial charge in [-0.2, -0.15) is 0 Å². The maximum Gasteiger partial charge on any atom is 0.0841 e. The van der Waals surface area contributed by atoms with Gasteiger partial charge in [0.2, 0.25) is 0 Å². The predicted molar refractivity (Wildman–Crippen MR) is 99.3 cm³/mol. The Morgan fingerprint density at radius 2 is 1.73 bits per heavy atom. The van der Waals surface area contributed by atoms with Crippen molar-refractivity contribution in [3.63, 3.8) is 0 Å². The van der Waals surface area contributed by atoms with E-state index >= 15 is 0 Å². The molecule has 22 heavy (non-hydrogen) atoms. The summed E-state index contributed by atoms with van der Waals surface area (Å²) in [5.41, 5.74) is 6.16. The lowest BCUT2D eigenvalue weighted by Gasteiger charge is -2.15. The van der Waals surface area contributed by atoms with Gasteiger partial charge in [0.1, 0.15) is 0 Å². The van der Waals surface area contributed by atoms with Gasteiger partial charge in [-0.1, -0.05) is 61.5 Å². The van der Waals surface area contributed by atoms with Gasteiger partial charge in [-0.15, -0.1) is 24.4 Å². The average molecular weight is 311 g/mol. The summed E-state index contributed by atoms with van der Waals surface area (Å²) in [5.74, 6) is 0. The maximum absolute atomic E-state index is 6.71. The number of hydrogen-bond donors (Lipinski definition) is 0. The third kappa shape index (κ3) is 4.26. The van der Waals surface area contributed by atoms with Crippen molar-refractivity contribution in [2.45, 2.75) is 32.6 Å². The van der Waals surface area contributed by atoms with Gasteiger partial charge in [0, 0.05) is 0 Å². The van der Waals surface area contributed by atoms with E-state index in [1.807, 2.05) is 6.92 Å². The predicted octanol–water partition coefficient (Wildman–Crippen LogP) is 6.17. The van der Waals surface area contributed by atoms with E-state index in [9.17, 15) is 0 Å². The molecule has 0 N–H and O–H groups in total. The Balaban J connectivity index is 0.00000116. The highest BCUT2D eigenvalue weighted by Gasteiger charge is 2.14. The minimum absolute atomic E-state index is 0.105. The molecule has 0 aliphatic rings. The number of terminal acetylenes is 1. The zero-order valence-electron chi connectivity index (χ0n) is 13.5. The van der Waals surface area contributed by atoms with Crippen molar-refractivity contribution in [3.05, 3.63) is 76.4 Å². The largest absolute Gasteiger partial charge is 0.124 e. The van der Waals surface area contributed by atoms with Crippen LogP contribution in [0.4, 0.5) is 0 Å². The van der Waals surface area contributed by atoms with Gasteiger partial charge in [0.15, 0.2) is 0 Å². The zero-order valence-corrected chi connectivity index (χ0v) is 14.3. The van der Waals surface area contributed by atoms with Crippen LogP contribution in [0.2, 0.25) is 0 Å². The molecule has 0 aromatic heterocycles. The zero-order chi connectivity index (χ0) is 16.5. The molecule has 1 atom stereocenters. The van der Waals surface area contributed by atoms with Crippen molar-refractivity contribution in [1.82, 2.24) is 0 Å². The van der Waals surface area contributed by atoms with E-state index in [-0.39, 0.29) is 5.38 Å². The molecule has 0 fully saturated rings. The van der Waals surface area contributed by atoms with Crippen LogP contribution in [0, 0.1) is 19.8 Å². The number of hydrogen-bond acceptors (Lipinski definition) is 0. The van der Waals surface area contributed by atoms with Crippen LogP contribution in [-0.4, -0.2) is 0 Å². The molecule has 0 bridgehead atoms. The number of allylic oxidation sites excluding steroid dienone is 1. The molecule has 0 aliphatic carbocycles. The SMILES string of the molecule is C#C.C/C=C\c1c(C)cccc1C(Cl)c1ccc(CC)cc1. The number of rotatable bonds is 4. The highest BCUT2D eigenvalue weighted by atomic mass is 35.5. The molecular formula is C21H23Cl. The quantitative estimate of drug-likeness (QED) is 0.468. The summed E-state index contributed by atoms with van der Waals surface area (Å²) in [6.45, 7) is 6.33. The molecule has 0 nitrogen and oxygen atoms in total. The van der Waals surface area contributed by atoms with Gasteiger partial charge < -0.3 is 0 Å². The maximum atomic E-state index is 6.71. The summed E-state index contributed by atoms with van der Waals surface area (Å²) in [7, 11) is 0. The lowest BCUT2D eigenvalue weighted by molar-refractivity contribution is 1.09. The minimum Gasteiger partial charge on any atom is -0.124 e. The highest BCUT2D eigenvalue weighted by molar-refractivity contribution is 6.22. The molecule has 114 valence electrons. The van der Waals surface area contributed by atoms with Gasteiger partial charge in [-0.3, -0.25) is 0 Å². The molecule has 2 aromatic rings. The standard InChI is InChI=1S/C19H21Cl.C2H2/c1-4-7-17-14(3)8-6-9-18(17)19(20)16-12-10-15(5-2)11-13-16;1-2/h4,6-13,19H,5H2,1-3H3;1-2H/b7-4-;. The van der Waals surface area contributed by atoms with Gasteiger partial charge in [0.05, 0.1) is 5.38 Å². The van der Waals surface area contributed by atoms with Crippen LogP contribution in [0.1, 0.15) is 47.0 Å². The fraction of sp³-hybridized carbons (Fsp3) is 0.238. The van der Waals surface area contributed by atoms with E-state index in [1.165, 1.54) is 22.3 Å². The average Bonchev–Trinajstić information content (AvgIpc) is 2.58. The normalized spacial score (nSPS) is 11.7. The van der Waals surface area contributed by atoms with E-state index in [0.29, 0.717) is 0 Å². The molecule has 2 aromatic carbocycles. The molecule has 1 heteroatoms. The second-order valence-corrected chi connectivity index (χ2v) is 5.47. The van der Waals surface area contributed by atoms with Gasteiger partial charge in [-0.05, 0) is 48.1 Å². The fourth-order valence-corrected chi connectivity index (χ4v) is 2.76. The topological polar surface area (TPSA) is 0 Å². The molecule has 0 saturated heterocycles. The van der Waals surface area contributed by atoms with Crippen LogP contribution in [0.25, 0.3) is 6.08 Å². The number of aryl methyl sites for hydroxylation is 2. The Bertz CT molecular complexity index is 633. The lowest BCUT2D eigenvalue weighted by atomic mass is 9.95. The van der Waals surface area contributed by atoms with E-state index < -0.39 is 0 Å². The van der Waals surface area contributed by atoms with Gasteiger partial charge in [0.25, 0.3) is 0 Å². The molecule has 1 unspecified atom stereocenters. The molecule has 0 aliphatic heterocycles. The first-order valence-corrected chi connectivity index (χ1v) is 7.89. The lowest BCUT2D eigenvalue weighted by Crippen LogP contribution is -1.98. The Kier molecular flexibility index (Phi) is 7.50. The molecule has 0 radical (unpaired) electrons. The third-order valence-electron chi connectivity index (χ3n) is 3.64. The van der Waals surface area contributed by atoms with Crippen LogP contribution in [0.15, 0.2) is 48.5 Å². The van der Waals surface area contributed by atoms with Crippen molar-refractivity contribution in [2.24, 2.45) is 0 Å². The first kappa shape index (κ1) is 18.1. The van der Waals surface area contributed by atoms with Crippen molar-refractivity contribution in [3.8, 4) is 12.8 Å². The summed E-state index contributed by atoms with van der Waals surface area (Å²) < 4.78 is 0. The summed E-state index contributed by atoms with van der Waals surface area (Å²) in [5, 5.41) is -0.105. The Morgan fingerprint density at radius 3 is 2.27 bits per heavy atom. The van der Waals surface area contributed by atoms with Crippen molar-refractivity contribution < 1.29 is 0 Å². The second kappa shape index (κ2) is 9.13. The Morgan fingerprint density at radius 1 is 1.09 bits per heavy atom. The van der Waals surface area contributed by atoms with Crippen LogP contribution < -0.4 is 0 Å². The number of benzene rings is 2. The monoisotopic (exact) mass is 310 g/mol. The Hall–Kier alpha value is -1.97. The molecule has 0 amide bonds. The smallest absolute Gasteiger partial charge is 0.0841 e. The number of alkyl halides is 1. The molecule has 0 saturated carbocycles. The summed E-state index contributed by atoms with van der Waals surface area (Å²) >= 11 is 6.71. The summed E-state index contributed by atoms with van der Waals surface area (Å²) in [6.07, 6.45) is 13.3. The molecule has 2 rings (SSSR count). The van der Waals surface area contributed by atoms with E-state index in [4.69, 9.17) is 11.6 Å². The number of halogens is 1. The van der Waals surface area contributed by atoms with Crippen LogP contribution in [0.5, 0.6) is 0 Å². The van der Waals surface area contributed by atoms with Crippen molar-refractivity contribution in [2.75, 3.05) is 0 Å². The summed E-state index contributed by atoms with van der Waals surface area (Å²) in [6, 6.07) is 14.9. The van der Waals surface area contributed by atoms with E-state index in [2.05, 4.69) is 81.3 Å². The summed E-state index contributed by atoms with van der Waals surface area (Å²) in [4.78, 5) is 0. The highest BCUT2D eigenvalue weighted by Crippen LogP contribution is 2.33. The second-order valence-electron chi connectivity index (χ2n) is 5.04. The van der Waals surface area contributed by atoms with Crippen LogP contribution in [-0.2, 0) is 6.42 Å². The van der Waals surface area contributed by atoms with E-state index in [0.717, 1.165) is 12.0 Å². The molecule has 0 spiro atoms. The van der Waals surface area contributed by atoms with E-state index in [1.54, 1.807) is 0 Å². The fourth-order valence-electron chi connectivity index (χ4n) is 2.42. The first-order valence-electron chi connectivity index (χ1n) is 7.45. The Labute approximate surface area is 139 Å². The minimum atomic E-state index is -0.105. The van der Waals surface area contributed by atoms with Gasteiger partial charge >= 0.3 is 0 Å². The van der Waals surface area contributed by atoms with Crippen LogP contribution in [0.3, 0.4) is 0 Å². The molecule has 0 heterocycles. The van der Waals surface area contributed by atoms with Gasteiger partial charge in [-0.25, -0.2) is 0 Å². The third-order valence-corrected chi connectivity index (χ3v) is 4.13. The van der Waals surface area contributed by atoms with Crippen molar-refractivity contribution in [1.29, 1.82) is 0 Å². The van der Waals surface area contributed by atoms with Crippen LogP contribution >= 0.6 is 11.6 Å². The first-order chi connectivity index (χ1) is 10.7.